The standard InChI is InChI=1S/C17H15ClFNO3S/c18-14-7-10(2-4-15(14)19)24(21,22)11-1-3-12-13-5-6-20-9-17(13)23-16(12)8-11/h1-4,7-8,13,17,20H,5-6,9H2. The highest BCUT2D eigenvalue weighted by molar-refractivity contribution is 7.91. The summed E-state index contributed by atoms with van der Waals surface area (Å²) < 4.78 is 44.7. The van der Waals surface area contributed by atoms with Gasteiger partial charge in [-0.2, -0.15) is 0 Å². The molecule has 24 heavy (non-hydrogen) atoms. The molecule has 2 aliphatic heterocycles. The SMILES string of the molecule is O=S(=O)(c1ccc(F)c(Cl)c1)c1ccc2c(c1)OC1CNCCC21. The van der Waals surface area contributed by atoms with Crippen molar-refractivity contribution in [1.29, 1.82) is 0 Å². The van der Waals surface area contributed by atoms with Gasteiger partial charge in [-0.15, -0.1) is 0 Å². The van der Waals surface area contributed by atoms with Crippen molar-refractivity contribution in [3.63, 3.8) is 0 Å². The lowest BCUT2D eigenvalue weighted by Gasteiger charge is -2.24. The quantitative estimate of drug-likeness (QED) is 0.828. The molecule has 0 bridgehead atoms. The molecule has 1 saturated heterocycles. The van der Waals surface area contributed by atoms with Crippen molar-refractivity contribution in [3.05, 3.63) is 52.8 Å². The van der Waals surface area contributed by atoms with Gasteiger partial charge in [0.05, 0.1) is 14.8 Å². The molecule has 2 heterocycles. The van der Waals surface area contributed by atoms with Crippen LogP contribution in [0.1, 0.15) is 17.9 Å². The van der Waals surface area contributed by atoms with Gasteiger partial charge in [0, 0.05) is 18.0 Å². The van der Waals surface area contributed by atoms with Gasteiger partial charge in [-0.3, -0.25) is 0 Å². The fraction of sp³-hybridized carbons (Fsp3) is 0.294. The van der Waals surface area contributed by atoms with Gasteiger partial charge in [0.15, 0.2) is 0 Å². The predicted molar refractivity (Wildman–Crippen MR) is 87.9 cm³/mol. The Morgan fingerprint density at radius 1 is 1.17 bits per heavy atom. The Labute approximate surface area is 144 Å². The van der Waals surface area contributed by atoms with E-state index in [0.29, 0.717) is 11.7 Å². The van der Waals surface area contributed by atoms with E-state index in [1.165, 1.54) is 6.07 Å². The number of rotatable bonds is 2. The van der Waals surface area contributed by atoms with Crippen LogP contribution in [0.15, 0.2) is 46.2 Å². The molecule has 0 saturated carbocycles. The van der Waals surface area contributed by atoms with Gasteiger partial charge in [-0.1, -0.05) is 17.7 Å². The Morgan fingerprint density at radius 3 is 2.71 bits per heavy atom. The van der Waals surface area contributed by atoms with Crippen molar-refractivity contribution in [2.75, 3.05) is 13.1 Å². The van der Waals surface area contributed by atoms with Gasteiger partial charge in [-0.25, -0.2) is 12.8 Å². The highest BCUT2D eigenvalue weighted by Crippen LogP contribution is 2.42. The maximum absolute atomic E-state index is 13.3. The molecule has 1 N–H and O–H groups in total. The summed E-state index contributed by atoms with van der Waals surface area (Å²) >= 11 is 5.71. The number of sulfone groups is 1. The number of halogens is 2. The number of hydrogen-bond donors (Lipinski definition) is 1. The fourth-order valence-corrected chi connectivity index (χ4v) is 4.89. The molecule has 0 aromatic heterocycles. The van der Waals surface area contributed by atoms with Gasteiger partial charge in [0.1, 0.15) is 17.7 Å². The Balaban J connectivity index is 1.74. The molecular weight excluding hydrogens is 353 g/mol. The number of nitrogens with one attached hydrogen (secondary N) is 1. The van der Waals surface area contributed by atoms with Crippen LogP contribution in [0.3, 0.4) is 0 Å². The van der Waals surface area contributed by atoms with Crippen LogP contribution in [0.25, 0.3) is 0 Å². The second-order valence-corrected chi connectivity index (χ2v) is 8.39. The first-order valence-corrected chi connectivity index (χ1v) is 9.54. The van der Waals surface area contributed by atoms with Crippen molar-refractivity contribution in [2.45, 2.75) is 28.2 Å². The number of ether oxygens (including phenoxy) is 1. The summed E-state index contributed by atoms with van der Waals surface area (Å²) in [5, 5.41) is 3.06. The largest absolute Gasteiger partial charge is 0.488 e. The van der Waals surface area contributed by atoms with E-state index in [-0.39, 0.29) is 20.9 Å². The summed E-state index contributed by atoms with van der Waals surface area (Å²) in [6.07, 6.45) is 1.02. The molecule has 0 spiro atoms. The van der Waals surface area contributed by atoms with Gasteiger partial charge < -0.3 is 10.1 Å². The zero-order valence-corrected chi connectivity index (χ0v) is 14.2. The van der Waals surface area contributed by atoms with E-state index >= 15 is 0 Å². The summed E-state index contributed by atoms with van der Waals surface area (Å²) in [5.41, 5.74) is 1.05. The molecule has 1 fully saturated rings. The molecular formula is C17H15ClFNO3S. The van der Waals surface area contributed by atoms with E-state index in [0.717, 1.165) is 37.2 Å². The highest BCUT2D eigenvalue weighted by atomic mass is 35.5. The number of piperidine rings is 1. The minimum Gasteiger partial charge on any atom is -0.488 e. The maximum Gasteiger partial charge on any atom is 0.206 e. The smallest absolute Gasteiger partial charge is 0.206 e. The Morgan fingerprint density at radius 2 is 1.92 bits per heavy atom. The van der Waals surface area contributed by atoms with E-state index < -0.39 is 15.7 Å². The lowest BCUT2D eigenvalue weighted by molar-refractivity contribution is 0.176. The molecule has 0 radical (unpaired) electrons. The number of benzene rings is 2. The number of fused-ring (bicyclic) bond motifs is 3. The average molecular weight is 368 g/mol. The third-order valence-electron chi connectivity index (χ3n) is 4.60. The topological polar surface area (TPSA) is 55.4 Å². The van der Waals surface area contributed by atoms with E-state index in [2.05, 4.69) is 5.32 Å². The molecule has 0 amide bonds. The maximum atomic E-state index is 13.3. The van der Waals surface area contributed by atoms with Crippen molar-refractivity contribution >= 4 is 21.4 Å². The molecule has 126 valence electrons. The first-order chi connectivity index (χ1) is 11.5. The lowest BCUT2D eigenvalue weighted by atomic mass is 9.90. The van der Waals surface area contributed by atoms with Crippen LogP contribution in [-0.4, -0.2) is 27.6 Å². The summed E-state index contributed by atoms with van der Waals surface area (Å²) in [7, 11) is -3.78. The summed E-state index contributed by atoms with van der Waals surface area (Å²) in [4.78, 5) is 0.0847. The molecule has 0 aliphatic carbocycles. The molecule has 7 heteroatoms. The second-order valence-electron chi connectivity index (χ2n) is 6.03. The third kappa shape index (κ3) is 2.49. The molecule has 2 unspecified atom stereocenters. The molecule has 4 nitrogen and oxygen atoms in total. The third-order valence-corrected chi connectivity index (χ3v) is 6.64. The van der Waals surface area contributed by atoms with Gasteiger partial charge in [-0.05, 0) is 43.3 Å². The summed E-state index contributed by atoms with van der Waals surface area (Å²) in [6, 6.07) is 8.36. The monoisotopic (exact) mass is 367 g/mol. The van der Waals surface area contributed by atoms with Gasteiger partial charge in [0.2, 0.25) is 9.84 Å². The van der Waals surface area contributed by atoms with E-state index in [1.54, 1.807) is 12.1 Å². The fourth-order valence-electron chi connectivity index (χ4n) is 3.34. The van der Waals surface area contributed by atoms with Crippen LogP contribution in [0.5, 0.6) is 5.75 Å². The van der Waals surface area contributed by atoms with Crippen LogP contribution in [0.4, 0.5) is 4.39 Å². The second kappa shape index (κ2) is 5.72. The molecule has 2 atom stereocenters. The summed E-state index contributed by atoms with van der Waals surface area (Å²) in [5.74, 6) is 0.269. The predicted octanol–water partition coefficient (Wildman–Crippen LogP) is 3.15. The highest BCUT2D eigenvalue weighted by Gasteiger charge is 2.36. The van der Waals surface area contributed by atoms with E-state index in [9.17, 15) is 12.8 Å². The molecule has 4 rings (SSSR count). The van der Waals surface area contributed by atoms with Crippen LogP contribution in [-0.2, 0) is 9.84 Å². The van der Waals surface area contributed by atoms with Crippen molar-refractivity contribution in [3.8, 4) is 5.75 Å². The van der Waals surface area contributed by atoms with Crippen LogP contribution in [0.2, 0.25) is 5.02 Å². The Hall–Kier alpha value is -1.63. The van der Waals surface area contributed by atoms with Crippen molar-refractivity contribution in [2.24, 2.45) is 0 Å². The van der Waals surface area contributed by atoms with Crippen LogP contribution in [0, 0.1) is 5.82 Å². The van der Waals surface area contributed by atoms with Gasteiger partial charge in [0.25, 0.3) is 0 Å². The zero-order chi connectivity index (χ0) is 16.9. The number of hydrogen-bond acceptors (Lipinski definition) is 4. The first-order valence-electron chi connectivity index (χ1n) is 7.68. The normalized spacial score (nSPS) is 22.6. The zero-order valence-electron chi connectivity index (χ0n) is 12.6. The lowest BCUT2D eigenvalue weighted by Crippen LogP contribution is -2.39. The van der Waals surface area contributed by atoms with E-state index in [1.807, 2.05) is 6.07 Å². The Kier molecular flexibility index (Phi) is 3.78. The molecule has 2 aromatic rings. The molecule has 2 aliphatic rings. The van der Waals surface area contributed by atoms with E-state index in [4.69, 9.17) is 16.3 Å². The van der Waals surface area contributed by atoms with Crippen LogP contribution >= 0.6 is 11.6 Å². The molecule has 2 aromatic carbocycles. The van der Waals surface area contributed by atoms with Crippen molar-refractivity contribution < 1.29 is 17.5 Å². The minimum atomic E-state index is -3.78. The van der Waals surface area contributed by atoms with Gasteiger partial charge >= 0.3 is 0 Å². The average Bonchev–Trinajstić information content (AvgIpc) is 2.95. The first kappa shape index (κ1) is 15.9. The summed E-state index contributed by atoms with van der Waals surface area (Å²) in [6.45, 7) is 1.69. The van der Waals surface area contributed by atoms with Crippen LogP contribution < -0.4 is 10.1 Å². The Bertz CT molecular complexity index is 916. The minimum absolute atomic E-state index is 0.0362. The van der Waals surface area contributed by atoms with Crippen molar-refractivity contribution in [1.82, 2.24) is 5.32 Å².